The average Bonchev–Trinajstić information content (AvgIpc) is 2.58. The maximum atomic E-state index is 4.35. The van der Waals surface area contributed by atoms with Crippen LogP contribution >= 0.6 is 15.9 Å². The van der Waals surface area contributed by atoms with E-state index in [1.807, 2.05) is 6.20 Å². The SMILES string of the molecule is CCn1ncc(Br)c1C(C)CCNC(C)C. The summed E-state index contributed by atoms with van der Waals surface area (Å²) in [5, 5.41) is 7.80. The van der Waals surface area contributed by atoms with E-state index in [-0.39, 0.29) is 0 Å². The lowest BCUT2D eigenvalue weighted by atomic mass is 10.0. The third-order valence-corrected chi connectivity index (χ3v) is 3.34. The molecule has 92 valence electrons. The number of hydrogen-bond donors (Lipinski definition) is 1. The second-order valence-corrected chi connectivity index (χ2v) is 5.35. The molecule has 3 nitrogen and oxygen atoms in total. The Morgan fingerprint density at radius 3 is 2.69 bits per heavy atom. The Hall–Kier alpha value is -0.350. The molecule has 1 aromatic heterocycles. The van der Waals surface area contributed by atoms with Crippen LogP contribution in [-0.4, -0.2) is 22.4 Å². The molecule has 0 aliphatic rings. The van der Waals surface area contributed by atoms with Crippen LogP contribution in [-0.2, 0) is 6.54 Å². The molecule has 1 atom stereocenters. The van der Waals surface area contributed by atoms with E-state index in [2.05, 4.69) is 58.7 Å². The van der Waals surface area contributed by atoms with Gasteiger partial charge in [-0.05, 0) is 35.8 Å². The van der Waals surface area contributed by atoms with Gasteiger partial charge >= 0.3 is 0 Å². The van der Waals surface area contributed by atoms with Gasteiger partial charge in [0, 0.05) is 18.5 Å². The summed E-state index contributed by atoms with van der Waals surface area (Å²) in [6, 6.07) is 0.562. The van der Waals surface area contributed by atoms with Gasteiger partial charge in [-0.15, -0.1) is 0 Å². The zero-order valence-electron chi connectivity index (χ0n) is 10.6. The van der Waals surface area contributed by atoms with Crippen molar-refractivity contribution < 1.29 is 0 Å². The minimum Gasteiger partial charge on any atom is -0.315 e. The quantitative estimate of drug-likeness (QED) is 0.871. The molecule has 0 spiro atoms. The van der Waals surface area contributed by atoms with E-state index < -0.39 is 0 Å². The molecule has 0 aliphatic heterocycles. The first-order valence-electron chi connectivity index (χ1n) is 6.00. The van der Waals surface area contributed by atoms with Crippen LogP contribution in [0.3, 0.4) is 0 Å². The molecule has 0 saturated heterocycles. The summed E-state index contributed by atoms with van der Waals surface area (Å²) in [6.07, 6.45) is 3.04. The Morgan fingerprint density at radius 1 is 1.44 bits per heavy atom. The van der Waals surface area contributed by atoms with Crippen molar-refractivity contribution in [3.63, 3.8) is 0 Å². The maximum Gasteiger partial charge on any atom is 0.0635 e. The van der Waals surface area contributed by atoms with Crippen molar-refractivity contribution in [2.45, 2.75) is 52.6 Å². The summed E-state index contributed by atoms with van der Waals surface area (Å²) >= 11 is 3.58. The van der Waals surface area contributed by atoms with Crippen LogP contribution in [0, 0.1) is 0 Å². The van der Waals surface area contributed by atoms with E-state index in [0.29, 0.717) is 12.0 Å². The third-order valence-electron chi connectivity index (χ3n) is 2.73. The van der Waals surface area contributed by atoms with Crippen LogP contribution in [0.4, 0.5) is 0 Å². The van der Waals surface area contributed by atoms with Crippen LogP contribution in [0.25, 0.3) is 0 Å². The van der Waals surface area contributed by atoms with Crippen LogP contribution in [0.5, 0.6) is 0 Å². The molecule has 1 unspecified atom stereocenters. The largest absolute Gasteiger partial charge is 0.315 e. The van der Waals surface area contributed by atoms with Crippen molar-refractivity contribution in [1.82, 2.24) is 15.1 Å². The summed E-state index contributed by atoms with van der Waals surface area (Å²) in [7, 11) is 0. The highest BCUT2D eigenvalue weighted by Crippen LogP contribution is 2.26. The summed E-state index contributed by atoms with van der Waals surface area (Å²) in [4.78, 5) is 0. The molecule has 0 amide bonds. The van der Waals surface area contributed by atoms with E-state index in [0.717, 1.165) is 24.0 Å². The first-order chi connectivity index (χ1) is 7.56. The molecule has 0 aliphatic carbocycles. The zero-order valence-corrected chi connectivity index (χ0v) is 12.2. The summed E-state index contributed by atoms with van der Waals surface area (Å²) in [5.41, 5.74) is 1.31. The van der Waals surface area contributed by atoms with E-state index in [4.69, 9.17) is 0 Å². The lowest BCUT2D eigenvalue weighted by Crippen LogP contribution is -2.25. The Labute approximate surface area is 107 Å². The normalized spacial score (nSPS) is 13.4. The number of halogens is 1. The van der Waals surface area contributed by atoms with E-state index in [1.165, 1.54) is 5.69 Å². The van der Waals surface area contributed by atoms with Gasteiger partial charge in [0.1, 0.15) is 0 Å². The highest BCUT2D eigenvalue weighted by atomic mass is 79.9. The molecule has 1 aromatic rings. The molecule has 4 heteroatoms. The average molecular weight is 288 g/mol. The molecular formula is C12H22BrN3. The van der Waals surface area contributed by atoms with Crippen molar-refractivity contribution in [3.05, 3.63) is 16.4 Å². The van der Waals surface area contributed by atoms with Crippen molar-refractivity contribution in [2.75, 3.05) is 6.54 Å². The molecule has 1 heterocycles. The number of aryl methyl sites for hydroxylation is 1. The van der Waals surface area contributed by atoms with Gasteiger partial charge in [0.15, 0.2) is 0 Å². The fraction of sp³-hybridized carbons (Fsp3) is 0.750. The van der Waals surface area contributed by atoms with Gasteiger partial charge < -0.3 is 5.32 Å². The molecule has 0 aromatic carbocycles. The molecule has 0 fully saturated rings. The minimum atomic E-state index is 0.531. The van der Waals surface area contributed by atoms with Crippen molar-refractivity contribution >= 4 is 15.9 Å². The molecule has 0 radical (unpaired) electrons. The first kappa shape index (κ1) is 13.7. The monoisotopic (exact) mass is 287 g/mol. The predicted molar refractivity (Wildman–Crippen MR) is 71.8 cm³/mol. The third kappa shape index (κ3) is 3.59. The van der Waals surface area contributed by atoms with Crippen molar-refractivity contribution in [2.24, 2.45) is 0 Å². The second kappa shape index (κ2) is 6.40. The van der Waals surface area contributed by atoms with Crippen molar-refractivity contribution in [1.29, 1.82) is 0 Å². The number of rotatable bonds is 6. The Bertz CT molecular complexity index is 320. The topological polar surface area (TPSA) is 29.9 Å². The minimum absolute atomic E-state index is 0.531. The Morgan fingerprint density at radius 2 is 2.12 bits per heavy atom. The lowest BCUT2D eigenvalue weighted by Gasteiger charge is -2.15. The summed E-state index contributed by atoms with van der Waals surface area (Å²) in [6.45, 7) is 10.7. The molecule has 0 bridgehead atoms. The van der Waals surface area contributed by atoms with Gasteiger partial charge in [0.2, 0.25) is 0 Å². The fourth-order valence-corrected chi connectivity index (χ4v) is 2.53. The van der Waals surface area contributed by atoms with Gasteiger partial charge in [-0.1, -0.05) is 20.8 Å². The fourth-order valence-electron chi connectivity index (χ4n) is 1.84. The summed E-state index contributed by atoms with van der Waals surface area (Å²) in [5.74, 6) is 0.531. The Balaban J connectivity index is 2.58. The number of nitrogens with one attached hydrogen (secondary N) is 1. The highest BCUT2D eigenvalue weighted by Gasteiger charge is 2.14. The van der Waals surface area contributed by atoms with E-state index in [9.17, 15) is 0 Å². The van der Waals surface area contributed by atoms with E-state index in [1.54, 1.807) is 0 Å². The van der Waals surface area contributed by atoms with Gasteiger partial charge in [-0.3, -0.25) is 4.68 Å². The summed E-state index contributed by atoms with van der Waals surface area (Å²) < 4.78 is 3.20. The molecule has 1 rings (SSSR count). The van der Waals surface area contributed by atoms with Crippen LogP contribution < -0.4 is 5.32 Å². The number of aromatic nitrogens is 2. The molecule has 1 N–H and O–H groups in total. The van der Waals surface area contributed by atoms with E-state index >= 15 is 0 Å². The predicted octanol–water partition coefficient (Wildman–Crippen LogP) is 3.16. The van der Waals surface area contributed by atoms with Crippen LogP contribution in [0.1, 0.15) is 45.7 Å². The van der Waals surface area contributed by atoms with Gasteiger partial charge in [0.05, 0.1) is 16.4 Å². The van der Waals surface area contributed by atoms with Gasteiger partial charge in [-0.25, -0.2) is 0 Å². The smallest absolute Gasteiger partial charge is 0.0635 e. The van der Waals surface area contributed by atoms with Gasteiger partial charge in [0.25, 0.3) is 0 Å². The zero-order chi connectivity index (χ0) is 12.1. The van der Waals surface area contributed by atoms with Crippen LogP contribution in [0.15, 0.2) is 10.7 Å². The standard InChI is InChI=1S/C12H22BrN3/c1-5-16-12(11(13)8-15-16)10(4)6-7-14-9(2)3/h8-10,14H,5-7H2,1-4H3. The highest BCUT2D eigenvalue weighted by molar-refractivity contribution is 9.10. The lowest BCUT2D eigenvalue weighted by molar-refractivity contribution is 0.511. The number of hydrogen-bond acceptors (Lipinski definition) is 2. The van der Waals surface area contributed by atoms with Crippen LogP contribution in [0.2, 0.25) is 0 Å². The first-order valence-corrected chi connectivity index (χ1v) is 6.80. The second-order valence-electron chi connectivity index (χ2n) is 4.49. The van der Waals surface area contributed by atoms with Crippen molar-refractivity contribution in [3.8, 4) is 0 Å². The Kier molecular flexibility index (Phi) is 5.49. The van der Waals surface area contributed by atoms with Gasteiger partial charge in [-0.2, -0.15) is 5.10 Å². The molecular weight excluding hydrogens is 266 g/mol. The molecule has 16 heavy (non-hydrogen) atoms. The maximum absolute atomic E-state index is 4.35. The number of nitrogens with zero attached hydrogens (tertiary/aromatic N) is 2. The molecule has 0 saturated carbocycles.